The summed E-state index contributed by atoms with van der Waals surface area (Å²) in [5, 5.41) is 17.8. The SMILES string of the molecule is CCCCCCCCCCCC(N)C(O)C(=O)O. The highest BCUT2D eigenvalue weighted by atomic mass is 16.4. The summed E-state index contributed by atoms with van der Waals surface area (Å²) in [6.45, 7) is 2.22. The van der Waals surface area contributed by atoms with Crippen LogP contribution >= 0.6 is 0 Å². The molecule has 18 heavy (non-hydrogen) atoms. The quantitative estimate of drug-likeness (QED) is 0.470. The third kappa shape index (κ3) is 9.42. The number of rotatable bonds is 12. The fourth-order valence-corrected chi connectivity index (χ4v) is 2.03. The third-order valence-electron chi connectivity index (χ3n) is 3.30. The van der Waals surface area contributed by atoms with Gasteiger partial charge in [-0.1, -0.05) is 64.7 Å². The van der Waals surface area contributed by atoms with Gasteiger partial charge in [-0.05, 0) is 6.42 Å². The fraction of sp³-hybridized carbons (Fsp3) is 0.929. The van der Waals surface area contributed by atoms with E-state index in [1.165, 1.54) is 44.9 Å². The van der Waals surface area contributed by atoms with E-state index >= 15 is 0 Å². The van der Waals surface area contributed by atoms with Crippen molar-refractivity contribution in [2.24, 2.45) is 5.73 Å². The molecule has 0 aromatic carbocycles. The van der Waals surface area contributed by atoms with Gasteiger partial charge in [-0.3, -0.25) is 0 Å². The Kier molecular flexibility index (Phi) is 11.1. The minimum Gasteiger partial charge on any atom is -0.479 e. The van der Waals surface area contributed by atoms with Crippen LogP contribution in [0, 0.1) is 0 Å². The Labute approximate surface area is 111 Å². The van der Waals surface area contributed by atoms with Crippen LogP contribution in [0.25, 0.3) is 0 Å². The van der Waals surface area contributed by atoms with E-state index in [1.54, 1.807) is 0 Å². The van der Waals surface area contributed by atoms with E-state index in [-0.39, 0.29) is 0 Å². The first-order valence-corrected chi connectivity index (χ1v) is 7.26. The van der Waals surface area contributed by atoms with E-state index in [0.29, 0.717) is 6.42 Å². The van der Waals surface area contributed by atoms with E-state index in [9.17, 15) is 9.90 Å². The number of aliphatic carboxylic acids is 1. The highest BCUT2D eigenvalue weighted by Crippen LogP contribution is 2.11. The van der Waals surface area contributed by atoms with Crippen LogP contribution < -0.4 is 5.73 Å². The molecule has 4 N–H and O–H groups in total. The Morgan fingerprint density at radius 3 is 1.89 bits per heavy atom. The Morgan fingerprint density at radius 1 is 1.00 bits per heavy atom. The molecule has 4 heteroatoms. The predicted molar refractivity (Wildman–Crippen MR) is 73.5 cm³/mol. The molecule has 0 aliphatic carbocycles. The summed E-state index contributed by atoms with van der Waals surface area (Å²) in [4.78, 5) is 10.5. The van der Waals surface area contributed by atoms with Gasteiger partial charge in [-0.25, -0.2) is 4.79 Å². The van der Waals surface area contributed by atoms with Crippen LogP contribution in [0.4, 0.5) is 0 Å². The number of aliphatic hydroxyl groups is 1. The molecule has 0 aromatic rings. The van der Waals surface area contributed by atoms with Crippen molar-refractivity contribution in [3.63, 3.8) is 0 Å². The maximum absolute atomic E-state index is 10.5. The maximum Gasteiger partial charge on any atom is 0.334 e. The first-order chi connectivity index (χ1) is 8.59. The standard InChI is InChI=1S/C14H29NO3/c1-2-3-4-5-6-7-8-9-10-11-12(15)13(16)14(17)18/h12-13,16H,2-11,15H2,1H3,(H,17,18). The first-order valence-electron chi connectivity index (χ1n) is 7.26. The molecule has 0 saturated heterocycles. The van der Waals surface area contributed by atoms with E-state index < -0.39 is 18.1 Å². The zero-order valence-corrected chi connectivity index (χ0v) is 11.6. The summed E-state index contributed by atoms with van der Waals surface area (Å²) in [7, 11) is 0. The van der Waals surface area contributed by atoms with Crippen molar-refractivity contribution in [2.45, 2.75) is 83.3 Å². The van der Waals surface area contributed by atoms with Crippen molar-refractivity contribution in [2.75, 3.05) is 0 Å². The molecule has 0 fully saturated rings. The molecule has 2 atom stereocenters. The van der Waals surface area contributed by atoms with Gasteiger partial charge in [0.1, 0.15) is 0 Å². The second-order valence-electron chi connectivity index (χ2n) is 5.06. The molecule has 0 saturated carbocycles. The van der Waals surface area contributed by atoms with E-state index in [2.05, 4.69) is 6.92 Å². The molecular weight excluding hydrogens is 230 g/mol. The molecule has 0 amide bonds. The fourth-order valence-electron chi connectivity index (χ4n) is 2.03. The van der Waals surface area contributed by atoms with Gasteiger partial charge in [0.2, 0.25) is 0 Å². The van der Waals surface area contributed by atoms with Gasteiger partial charge in [-0.15, -0.1) is 0 Å². The van der Waals surface area contributed by atoms with Gasteiger partial charge in [0.25, 0.3) is 0 Å². The molecule has 4 nitrogen and oxygen atoms in total. The van der Waals surface area contributed by atoms with E-state index in [4.69, 9.17) is 10.8 Å². The lowest BCUT2D eigenvalue weighted by molar-refractivity contribution is -0.147. The van der Waals surface area contributed by atoms with Crippen molar-refractivity contribution < 1.29 is 15.0 Å². The summed E-state index contributed by atoms with van der Waals surface area (Å²) in [6, 6.07) is -0.632. The molecule has 0 aromatic heterocycles. The van der Waals surface area contributed by atoms with Crippen molar-refractivity contribution in [1.82, 2.24) is 0 Å². The van der Waals surface area contributed by atoms with Crippen LogP contribution in [0.15, 0.2) is 0 Å². The lowest BCUT2D eigenvalue weighted by Crippen LogP contribution is -2.40. The normalized spacial score (nSPS) is 14.4. The maximum atomic E-state index is 10.5. The molecule has 108 valence electrons. The predicted octanol–water partition coefficient (Wildman–Crippen LogP) is 2.68. The molecule has 2 unspecified atom stereocenters. The zero-order chi connectivity index (χ0) is 13.8. The molecule has 0 spiro atoms. The molecule has 0 radical (unpaired) electrons. The van der Waals surface area contributed by atoms with Crippen LogP contribution in [0.3, 0.4) is 0 Å². The number of nitrogens with two attached hydrogens (primary N) is 1. The zero-order valence-electron chi connectivity index (χ0n) is 11.6. The summed E-state index contributed by atoms with van der Waals surface area (Å²) in [5.74, 6) is -1.22. The average Bonchev–Trinajstić information content (AvgIpc) is 2.35. The summed E-state index contributed by atoms with van der Waals surface area (Å²) < 4.78 is 0. The second-order valence-corrected chi connectivity index (χ2v) is 5.06. The van der Waals surface area contributed by atoms with Crippen molar-refractivity contribution in [3.05, 3.63) is 0 Å². The summed E-state index contributed by atoms with van der Waals surface area (Å²) >= 11 is 0. The summed E-state index contributed by atoms with van der Waals surface area (Å²) in [6.07, 6.45) is 10.2. The van der Waals surface area contributed by atoms with Crippen LogP contribution in [0.5, 0.6) is 0 Å². The number of hydrogen-bond acceptors (Lipinski definition) is 3. The molecule has 0 rings (SSSR count). The van der Waals surface area contributed by atoms with Crippen molar-refractivity contribution in [3.8, 4) is 0 Å². The monoisotopic (exact) mass is 259 g/mol. The molecule has 0 bridgehead atoms. The lowest BCUT2D eigenvalue weighted by Gasteiger charge is -2.14. The van der Waals surface area contributed by atoms with Gasteiger partial charge in [0.05, 0.1) is 0 Å². The van der Waals surface area contributed by atoms with Crippen molar-refractivity contribution >= 4 is 5.97 Å². The lowest BCUT2D eigenvalue weighted by atomic mass is 10.0. The van der Waals surface area contributed by atoms with Crippen LogP contribution in [-0.2, 0) is 4.79 Å². The Balaban J connectivity index is 3.27. The Hall–Kier alpha value is -0.610. The number of carboxylic acid groups (broad SMARTS) is 1. The topological polar surface area (TPSA) is 83.5 Å². The Bertz CT molecular complexity index is 209. The van der Waals surface area contributed by atoms with Gasteiger partial charge in [-0.2, -0.15) is 0 Å². The molecule has 0 aliphatic rings. The number of unbranched alkanes of at least 4 members (excludes halogenated alkanes) is 8. The average molecular weight is 259 g/mol. The summed E-state index contributed by atoms with van der Waals surface area (Å²) in [5.41, 5.74) is 5.58. The van der Waals surface area contributed by atoms with Gasteiger partial charge >= 0.3 is 5.97 Å². The van der Waals surface area contributed by atoms with Gasteiger partial charge in [0.15, 0.2) is 6.10 Å². The largest absolute Gasteiger partial charge is 0.479 e. The second kappa shape index (κ2) is 11.5. The van der Waals surface area contributed by atoms with E-state index in [1.807, 2.05) is 0 Å². The number of aliphatic hydroxyl groups excluding tert-OH is 1. The van der Waals surface area contributed by atoms with Crippen molar-refractivity contribution in [1.29, 1.82) is 0 Å². The third-order valence-corrected chi connectivity index (χ3v) is 3.30. The highest BCUT2D eigenvalue weighted by Gasteiger charge is 2.21. The number of carboxylic acids is 1. The van der Waals surface area contributed by atoms with Crippen LogP contribution in [0.2, 0.25) is 0 Å². The van der Waals surface area contributed by atoms with Crippen LogP contribution in [0.1, 0.15) is 71.1 Å². The minimum absolute atomic E-state index is 0.587. The number of hydrogen-bond donors (Lipinski definition) is 3. The molecular formula is C14H29NO3. The first kappa shape index (κ1) is 17.4. The van der Waals surface area contributed by atoms with Crippen LogP contribution in [-0.4, -0.2) is 28.3 Å². The minimum atomic E-state index is -1.42. The molecule has 0 aliphatic heterocycles. The highest BCUT2D eigenvalue weighted by molar-refractivity contribution is 5.72. The van der Waals surface area contributed by atoms with Gasteiger partial charge in [0, 0.05) is 6.04 Å². The van der Waals surface area contributed by atoms with E-state index in [0.717, 1.165) is 12.8 Å². The Morgan fingerprint density at radius 2 is 1.44 bits per heavy atom. The molecule has 0 heterocycles. The smallest absolute Gasteiger partial charge is 0.334 e. The van der Waals surface area contributed by atoms with Gasteiger partial charge < -0.3 is 15.9 Å². The number of carbonyl (C=O) groups is 1.